The normalized spacial score (nSPS) is 24.6. The van der Waals surface area contributed by atoms with Crippen LogP contribution in [0, 0.1) is 5.41 Å². The zero-order chi connectivity index (χ0) is 14.1. The minimum absolute atomic E-state index is 0.0596. The molecule has 0 bridgehead atoms. The van der Waals surface area contributed by atoms with Gasteiger partial charge < -0.3 is 5.11 Å². The van der Waals surface area contributed by atoms with Crippen LogP contribution in [0.1, 0.15) is 12.2 Å². The lowest BCUT2D eigenvalue weighted by Crippen LogP contribution is -2.47. The molecule has 0 radical (unpaired) electrons. The predicted octanol–water partition coefficient (Wildman–Crippen LogP) is 1.32. The van der Waals surface area contributed by atoms with E-state index in [1.165, 1.54) is 17.3 Å². The molecule has 1 atom stereocenters. The van der Waals surface area contributed by atoms with Crippen LogP contribution in [0.15, 0.2) is 18.5 Å². The molecule has 0 saturated carbocycles. The maximum Gasteiger partial charge on any atom is 0.406 e. The number of rotatable bonds is 3. The fourth-order valence-electron chi connectivity index (χ4n) is 2.16. The molecule has 1 aromatic rings. The maximum absolute atomic E-state index is 12.9. The molecule has 0 amide bonds. The minimum Gasteiger partial charge on any atom is -0.481 e. The van der Waals surface area contributed by atoms with Crippen LogP contribution in [0.3, 0.4) is 0 Å². The van der Waals surface area contributed by atoms with Gasteiger partial charge in [-0.25, -0.2) is 9.97 Å². The highest BCUT2D eigenvalue weighted by Crippen LogP contribution is 2.45. The van der Waals surface area contributed by atoms with E-state index in [-0.39, 0.29) is 13.1 Å². The van der Waals surface area contributed by atoms with Crippen molar-refractivity contribution < 1.29 is 23.1 Å². The summed E-state index contributed by atoms with van der Waals surface area (Å²) in [6.45, 7) is -0.389. The van der Waals surface area contributed by atoms with Crippen LogP contribution < -0.4 is 0 Å². The van der Waals surface area contributed by atoms with Gasteiger partial charge >= 0.3 is 12.1 Å². The van der Waals surface area contributed by atoms with E-state index in [2.05, 4.69) is 9.97 Å². The third-order valence-electron chi connectivity index (χ3n) is 3.28. The van der Waals surface area contributed by atoms with E-state index in [1.807, 2.05) is 0 Å². The molecule has 1 fully saturated rings. The molecule has 1 unspecified atom stereocenters. The van der Waals surface area contributed by atoms with Crippen molar-refractivity contribution in [1.82, 2.24) is 14.9 Å². The highest BCUT2D eigenvalue weighted by molar-refractivity contribution is 5.76. The molecule has 0 aliphatic carbocycles. The van der Waals surface area contributed by atoms with Gasteiger partial charge in [0.05, 0.1) is 6.54 Å². The first-order chi connectivity index (χ1) is 8.85. The fraction of sp³-hybridized carbons (Fsp3) is 0.545. The summed E-state index contributed by atoms with van der Waals surface area (Å²) in [6.07, 6.45) is -2.22. The van der Waals surface area contributed by atoms with Gasteiger partial charge in [-0.1, -0.05) is 0 Å². The average molecular weight is 275 g/mol. The Kier molecular flexibility index (Phi) is 3.44. The summed E-state index contributed by atoms with van der Waals surface area (Å²) in [4.78, 5) is 20.2. The minimum atomic E-state index is -4.76. The first-order valence-electron chi connectivity index (χ1n) is 5.63. The number of carbonyl (C=O) groups is 1. The average Bonchev–Trinajstić information content (AvgIpc) is 2.75. The fourth-order valence-corrected chi connectivity index (χ4v) is 2.16. The molecule has 2 heterocycles. The molecule has 2 rings (SSSR count). The Balaban J connectivity index is 2.12. The standard InChI is InChI=1S/C11H12F3N3O2/c12-11(13,14)10(9(18)19)2-5-17(7-10)6-8-15-3-1-4-16-8/h1,3-4H,2,5-7H2,(H,18,19). The van der Waals surface area contributed by atoms with Gasteiger partial charge in [0.15, 0.2) is 5.41 Å². The van der Waals surface area contributed by atoms with E-state index in [4.69, 9.17) is 5.11 Å². The van der Waals surface area contributed by atoms with Crippen LogP contribution in [0.2, 0.25) is 0 Å². The van der Waals surface area contributed by atoms with Gasteiger partial charge in [-0.3, -0.25) is 9.69 Å². The zero-order valence-electron chi connectivity index (χ0n) is 9.89. The number of hydrogen-bond donors (Lipinski definition) is 1. The van der Waals surface area contributed by atoms with Gasteiger partial charge in [-0.2, -0.15) is 13.2 Å². The van der Waals surface area contributed by atoms with Crippen molar-refractivity contribution in [2.45, 2.75) is 19.1 Å². The van der Waals surface area contributed by atoms with Gasteiger partial charge in [-0.15, -0.1) is 0 Å². The molecule has 0 aromatic carbocycles. The van der Waals surface area contributed by atoms with E-state index in [0.29, 0.717) is 5.82 Å². The predicted molar refractivity (Wildman–Crippen MR) is 58.0 cm³/mol. The quantitative estimate of drug-likeness (QED) is 0.901. The molecule has 19 heavy (non-hydrogen) atoms. The molecule has 8 heteroatoms. The second kappa shape index (κ2) is 4.76. The Morgan fingerprint density at radius 2 is 2.05 bits per heavy atom. The van der Waals surface area contributed by atoms with Crippen LogP contribution in [0.4, 0.5) is 13.2 Å². The molecule has 0 spiro atoms. The summed E-state index contributed by atoms with van der Waals surface area (Å²) >= 11 is 0. The topological polar surface area (TPSA) is 66.3 Å². The molecule has 1 aliphatic heterocycles. The Hall–Kier alpha value is -1.70. The van der Waals surface area contributed by atoms with Gasteiger partial charge in [0.1, 0.15) is 5.82 Å². The van der Waals surface area contributed by atoms with Crippen LogP contribution in [0.25, 0.3) is 0 Å². The molecule has 1 N–H and O–H groups in total. The number of alkyl halides is 3. The third-order valence-corrected chi connectivity index (χ3v) is 3.28. The highest BCUT2D eigenvalue weighted by Gasteiger charge is 2.63. The van der Waals surface area contributed by atoms with E-state index in [1.54, 1.807) is 6.07 Å². The van der Waals surface area contributed by atoms with Gasteiger partial charge in [-0.05, 0) is 12.5 Å². The highest BCUT2D eigenvalue weighted by atomic mass is 19.4. The Bertz CT molecular complexity index is 466. The zero-order valence-corrected chi connectivity index (χ0v) is 9.89. The van der Waals surface area contributed by atoms with E-state index in [0.717, 1.165) is 0 Å². The number of carboxylic acid groups (broad SMARTS) is 1. The molecule has 1 aromatic heterocycles. The van der Waals surface area contributed by atoms with Crippen molar-refractivity contribution >= 4 is 5.97 Å². The summed E-state index contributed by atoms with van der Waals surface area (Å²) in [5.41, 5.74) is -2.68. The Morgan fingerprint density at radius 3 is 2.53 bits per heavy atom. The van der Waals surface area contributed by atoms with Crippen molar-refractivity contribution in [2.24, 2.45) is 5.41 Å². The maximum atomic E-state index is 12.9. The molecule has 104 valence electrons. The second-order valence-electron chi connectivity index (χ2n) is 4.51. The number of likely N-dealkylation sites (tertiary alicyclic amines) is 1. The SMILES string of the molecule is O=C(O)C1(C(F)(F)F)CCN(Cc2ncccn2)C1. The number of hydrogen-bond acceptors (Lipinski definition) is 4. The summed E-state index contributed by atoms with van der Waals surface area (Å²) < 4.78 is 38.8. The van der Waals surface area contributed by atoms with Crippen molar-refractivity contribution in [3.8, 4) is 0 Å². The number of halogens is 3. The van der Waals surface area contributed by atoms with Crippen molar-refractivity contribution in [3.05, 3.63) is 24.3 Å². The van der Waals surface area contributed by atoms with Gasteiger partial charge in [0.2, 0.25) is 0 Å². The lowest BCUT2D eigenvalue weighted by Gasteiger charge is -2.27. The Morgan fingerprint density at radius 1 is 1.42 bits per heavy atom. The number of aromatic nitrogens is 2. The third kappa shape index (κ3) is 2.53. The summed E-state index contributed by atoms with van der Waals surface area (Å²) in [5, 5.41) is 8.91. The molecule has 1 saturated heterocycles. The smallest absolute Gasteiger partial charge is 0.406 e. The van der Waals surface area contributed by atoms with Crippen LogP contribution in [0.5, 0.6) is 0 Å². The van der Waals surface area contributed by atoms with Crippen LogP contribution in [-0.2, 0) is 11.3 Å². The van der Waals surface area contributed by atoms with Gasteiger partial charge in [0.25, 0.3) is 0 Å². The lowest BCUT2D eigenvalue weighted by molar-refractivity contribution is -0.227. The van der Waals surface area contributed by atoms with Crippen molar-refractivity contribution in [2.75, 3.05) is 13.1 Å². The number of carboxylic acids is 1. The van der Waals surface area contributed by atoms with Crippen LogP contribution in [-0.4, -0.2) is 45.2 Å². The molecular formula is C11H12F3N3O2. The molecule has 1 aliphatic rings. The van der Waals surface area contributed by atoms with E-state index >= 15 is 0 Å². The number of nitrogens with zero attached hydrogens (tertiary/aromatic N) is 3. The number of aliphatic carboxylic acids is 1. The van der Waals surface area contributed by atoms with Crippen molar-refractivity contribution in [3.63, 3.8) is 0 Å². The first kappa shape index (κ1) is 13.7. The second-order valence-corrected chi connectivity index (χ2v) is 4.51. The first-order valence-corrected chi connectivity index (χ1v) is 5.63. The van der Waals surface area contributed by atoms with E-state index < -0.39 is 30.5 Å². The summed E-state index contributed by atoms with van der Waals surface area (Å²) in [6, 6.07) is 1.60. The molecular weight excluding hydrogens is 263 g/mol. The summed E-state index contributed by atoms with van der Waals surface area (Å²) in [7, 11) is 0. The monoisotopic (exact) mass is 275 g/mol. The lowest BCUT2D eigenvalue weighted by atomic mass is 9.86. The Labute approximate surface area is 107 Å². The summed E-state index contributed by atoms with van der Waals surface area (Å²) in [5.74, 6) is -1.44. The molecule has 5 nitrogen and oxygen atoms in total. The van der Waals surface area contributed by atoms with E-state index in [9.17, 15) is 18.0 Å². The largest absolute Gasteiger partial charge is 0.481 e. The van der Waals surface area contributed by atoms with Crippen LogP contribution >= 0.6 is 0 Å². The van der Waals surface area contributed by atoms with Crippen molar-refractivity contribution in [1.29, 1.82) is 0 Å². The van der Waals surface area contributed by atoms with Gasteiger partial charge in [0, 0.05) is 25.5 Å².